The van der Waals surface area contributed by atoms with E-state index in [4.69, 9.17) is 11.6 Å². The average Bonchev–Trinajstić information content (AvgIpc) is 2.94. The van der Waals surface area contributed by atoms with Crippen molar-refractivity contribution < 1.29 is 8.42 Å². The summed E-state index contributed by atoms with van der Waals surface area (Å²) in [5.41, 5.74) is 1.41. The van der Waals surface area contributed by atoms with Gasteiger partial charge in [0.1, 0.15) is 10.0 Å². The molecular weight excluding hydrogens is 370 g/mol. The Kier molecular flexibility index (Phi) is 4.44. The van der Waals surface area contributed by atoms with Gasteiger partial charge in [-0.15, -0.1) is 11.3 Å². The highest BCUT2D eigenvalue weighted by atomic mass is 35.5. The van der Waals surface area contributed by atoms with Gasteiger partial charge in [-0.1, -0.05) is 23.7 Å². The van der Waals surface area contributed by atoms with Gasteiger partial charge in [-0.3, -0.25) is 9.52 Å². The minimum absolute atomic E-state index is 0.142. The Labute approximate surface area is 147 Å². The van der Waals surface area contributed by atoms with Gasteiger partial charge in [0, 0.05) is 17.3 Å². The van der Waals surface area contributed by atoms with Crippen molar-refractivity contribution in [3.8, 4) is 11.3 Å². The molecule has 2 N–H and O–H groups in total. The van der Waals surface area contributed by atoms with Gasteiger partial charge < -0.3 is 4.98 Å². The van der Waals surface area contributed by atoms with Crippen molar-refractivity contribution in [1.29, 1.82) is 0 Å². The van der Waals surface area contributed by atoms with Crippen LogP contribution < -0.4 is 10.3 Å². The van der Waals surface area contributed by atoms with Crippen LogP contribution in [-0.4, -0.2) is 18.4 Å². The molecule has 0 radical (unpaired) electrons. The van der Waals surface area contributed by atoms with Gasteiger partial charge in [-0.25, -0.2) is 13.4 Å². The summed E-state index contributed by atoms with van der Waals surface area (Å²) in [6.07, 6.45) is 0. The number of halogens is 1. The fourth-order valence-electron chi connectivity index (χ4n) is 2.08. The number of sulfonamides is 1. The van der Waals surface area contributed by atoms with E-state index in [-0.39, 0.29) is 9.77 Å². The second kappa shape index (κ2) is 6.39. The maximum Gasteiger partial charge on any atom is 0.271 e. The van der Waals surface area contributed by atoms with Crippen molar-refractivity contribution in [2.24, 2.45) is 0 Å². The molecule has 0 aliphatic rings. The summed E-state index contributed by atoms with van der Waals surface area (Å²) < 4.78 is 27.5. The van der Waals surface area contributed by atoms with Crippen LogP contribution in [0.3, 0.4) is 0 Å². The van der Waals surface area contributed by atoms with E-state index in [9.17, 15) is 13.2 Å². The van der Waals surface area contributed by atoms with Crippen LogP contribution in [0.4, 0.5) is 5.69 Å². The fourth-order valence-corrected chi connectivity index (χ4v) is 4.63. The predicted octanol–water partition coefficient (Wildman–Crippen LogP) is 3.26. The Morgan fingerprint density at radius 3 is 2.46 bits per heavy atom. The monoisotopic (exact) mass is 381 g/mol. The van der Waals surface area contributed by atoms with Crippen LogP contribution in [0.1, 0.15) is 5.82 Å². The number of thiophene rings is 1. The molecule has 6 nitrogen and oxygen atoms in total. The summed E-state index contributed by atoms with van der Waals surface area (Å²) >= 11 is 6.76. The zero-order chi connectivity index (χ0) is 17.3. The molecule has 3 rings (SSSR count). The number of H-pyrrole nitrogens is 1. The van der Waals surface area contributed by atoms with Crippen LogP contribution >= 0.6 is 22.9 Å². The number of aryl methyl sites for hydroxylation is 1. The maximum atomic E-state index is 12.2. The van der Waals surface area contributed by atoms with E-state index >= 15 is 0 Å². The number of anilines is 1. The molecule has 0 unspecified atom stereocenters. The highest BCUT2D eigenvalue weighted by Crippen LogP contribution is 2.27. The van der Waals surface area contributed by atoms with Crippen molar-refractivity contribution in [2.45, 2.75) is 11.1 Å². The zero-order valence-corrected chi connectivity index (χ0v) is 14.8. The smallest absolute Gasteiger partial charge is 0.271 e. The third kappa shape index (κ3) is 3.66. The Hall–Kier alpha value is -2.16. The van der Waals surface area contributed by atoms with Gasteiger partial charge in [0.15, 0.2) is 0 Å². The number of hydrogen-bond acceptors (Lipinski definition) is 5. The minimum atomic E-state index is -3.67. The summed E-state index contributed by atoms with van der Waals surface area (Å²) in [6, 6.07) is 11.0. The topological polar surface area (TPSA) is 91.9 Å². The molecule has 9 heteroatoms. The first-order chi connectivity index (χ1) is 11.3. The molecule has 0 spiro atoms. The van der Waals surface area contributed by atoms with Crippen molar-refractivity contribution in [1.82, 2.24) is 9.97 Å². The van der Waals surface area contributed by atoms with Crippen LogP contribution in [0.15, 0.2) is 51.5 Å². The second-order valence-electron chi connectivity index (χ2n) is 4.96. The molecule has 24 heavy (non-hydrogen) atoms. The van der Waals surface area contributed by atoms with Crippen molar-refractivity contribution in [3.63, 3.8) is 0 Å². The Bertz CT molecular complexity index is 1040. The molecule has 0 fully saturated rings. The van der Waals surface area contributed by atoms with Crippen LogP contribution in [0.25, 0.3) is 11.3 Å². The highest BCUT2D eigenvalue weighted by molar-refractivity contribution is 7.94. The molecule has 3 aromatic rings. The lowest BCUT2D eigenvalue weighted by Gasteiger charge is -2.07. The molecule has 0 aliphatic carbocycles. The number of hydrogen-bond donors (Lipinski definition) is 2. The molecule has 0 atom stereocenters. The number of rotatable bonds is 4. The number of nitrogens with zero attached hydrogens (tertiary/aromatic N) is 1. The standard InChI is InChI=1S/C15H12ClN3O3S2/c1-9-17-12(8-14(20)18-9)10-2-4-11(5-3-10)19-24(21,22)15-7-6-13(16)23-15/h2-8,19H,1H3,(H,17,18,20). The van der Waals surface area contributed by atoms with E-state index in [0.29, 0.717) is 27.1 Å². The number of aromatic nitrogens is 2. The molecule has 1 aromatic carbocycles. The van der Waals surface area contributed by atoms with E-state index < -0.39 is 10.0 Å². The van der Waals surface area contributed by atoms with Gasteiger partial charge in [-0.2, -0.15) is 0 Å². The first kappa shape index (κ1) is 16.7. The van der Waals surface area contributed by atoms with E-state index in [2.05, 4.69) is 14.7 Å². The maximum absolute atomic E-state index is 12.2. The molecule has 2 heterocycles. The summed E-state index contributed by atoms with van der Waals surface area (Å²) in [4.78, 5) is 18.3. The third-order valence-corrected chi connectivity index (χ3v) is 6.21. The first-order valence-electron chi connectivity index (χ1n) is 6.80. The Morgan fingerprint density at radius 2 is 1.88 bits per heavy atom. The van der Waals surface area contributed by atoms with Crippen LogP contribution in [0.2, 0.25) is 4.34 Å². The molecule has 0 saturated carbocycles. The van der Waals surface area contributed by atoms with Crippen molar-refractivity contribution >= 4 is 38.6 Å². The largest absolute Gasteiger partial charge is 0.311 e. The van der Waals surface area contributed by atoms with Gasteiger partial charge in [-0.05, 0) is 31.2 Å². The van der Waals surface area contributed by atoms with Gasteiger partial charge in [0.2, 0.25) is 0 Å². The van der Waals surface area contributed by atoms with Crippen LogP contribution in [0, 0.1) is 6.92 Å². The molecule has 0 amide bonds. The number of nitrogens with one attached hydrogen (secondary N) is 2. The summed E-state index contributed by atoms with van der Waals surface area (Å²) in [6.45, 7) is 1.69. The lowest BCUT2D eigenvalue weighted by Crippen LogP contribution is -2.11. The number of aromatic amines is 1. The van der Waals surface area contributed by atoms with E-state index in [0.717, 1.165) is 11.3 Å². The fraction of sp³-hybridized carbons (Fsp3) is 0.0667. The quantitative estimate of drug-likeness (QED) is 0.725. The highest BCUT2D eigenvalue weighted by Gasteiger charge is 2.16. The van der Waals surface area contributed by atoms with Crippen molar-refractivity contribution in [3.05, 3.63) is 63.0 Å². The van der Waals surface area contributed by atoms with Crippen molar-refractivity contribution in [2.75, 3.05) is 4.72 Å². The Balaban J connectivity index is 1.86. The van der Waals surface area contributed by atoms with E-state index in [1.54, 1.807) is 31.2 Å². The molecule has 124 valence electrons. The van der Waals surface area contributed by atoms with Crippen LogP contribution in [0.5, 0.6) is 0 Å². The normalized spacial score (nSPS) is 11.4. The minimum Gasteiger partial charge on any atom is -0.311 e. The summed E-state index contributed by atoms with van der Waals surface area (Å²) in [5.74, 6) is 0.511. The van der Waals surface area contributed by atoms with Gasteiger partial charge >= 0.3 is 0 Å². The average molecular weight is 382 g/mol. The van der Waals surface area contributed by atoms with Crippen LogP contribution in [-0.2, 0) is 10.0 Å². The molecule has 2 aromatic heterocycles. The molecular formula is C15H12ClN3O3S2. The molecule has 0 bridgehead atoms. The summed E-state index contributed by atoms with van der Waals surface area (Å²) in [7, 11) is -3.67. The zero-order valence-electron chi connectivity index (χ0n) is 12.4. The first-order valence-corrected chi connectivity index (χ1v) is 9.48. The SMILES string of the molecule is Cc1nc(-c2ccc(NS(=O)(=O)c3ccc(Cl)s3)cc2)cc(=O)[nH]1. The van der Waals surface area contributed by atoms with Gasteiger partial charge in [0.05, 0.1) is 10.0 Å². The molecule has 0 saturated heterocycles. The number of benzene rings is 1. The Morgan fingerprint density at radius 1 is 1.17 bits per heavy atom. The second-order valence-corrected chi connectivity index (χ2v) is 8.58. The lowest BCUT2D eigenvalue weighted by atomic mass is 10.1. The molecule has 0 aliphatic heterocycles. The third-order valence-electron chi connectivity index (χ3n) is 3.11. The van der Waals surface area contributed by atoms with E-state index in [1.807, 2.05) is 0 Å². The summed E-state index contributed by atoms with van der Waals surface area (Å²) in [5, 5.41) is 0. The lowest BCUT2D eigenvalue weighted by molar-refractivity contribution is 0.603. The van der Waals surface area contributed by atoms with E-state index in [1.165, 1.54) is 18.2 Å². The van der Waals surface area contributed by atoms with Gasteiger partial charge in [0.25, 0.3) is 15.6 Å². The predicted molar refractivity (Wildman–Crippen MR) is 95.2 cm³/mol.